The van der Waals surface area contributed by atoms with Crippen LogP contribution >= 0.6 is 0 Å². The molecule has 0 saturated heterocycles. The lowest BCUT2D eigenvalue weighted by Crippen LogP contribution is -2.46. The Kier molecular flexibility index (Phi) is 4.25. The summed E-state index contributed by atoms with van der Waals surface area (Å²) in [5.74, 6) is -0.896. The second kappa shape index (κ2) is 5.97. The van der Waals surface area contributed by atoms with Crippen LogP contribution in [0.2, 0.25) is 0 Å². The Bertz CT molecular complexity index is 653. The van der Waals surface area contributed by atoms with Gasteiger partial charge in [0.15, 0.2) is 0 Å². The predicted molar refractivity (Wildman–Crippen MR) is 78.1 cm³/mol. The van der Waals surface area contributed by atoms with Crippen molar-refractivity contribution in [1.82, 2.24) is 10.2 Å². The second-order valence-corrected chi connectivity index (χ2v) is 4.90. The topological polar surface area (TPSA) is 99.1 Å². The maximum atomic E-state index is 12.2. The molecule has 0 fully saturated rings. The van der Waals surface area contributed by atoms with E-state index < -0.39 is 18.0 Å². The summed E-state index contributed by atoms with van der Waals surface area (Å²) in [5, 5.41) is 22.0. The molecule has 22 heavy (non-hydrogen) atoms. The van der Waals surface area contributed by atoms with Crippen molar-refractivity contribution in [2.45, 2.75) is 19.9 Å². The SMILES string of the molecule is CCOC(=O)C1=C(C)N(C)C(=O)N[C@@H]1c1ccc(O)cc1O. The van der Waals surface area contributed by atoms with Crippen molar-refractivity contribution < 1.29 is 24.5 Å². The number of ether oxygens (including phenoxy) is 1. The number of allylic oxidation sites excluding steroid dienone is 1. The highest BCUT2D eigenvalue weighted by atomic mass is 16.5. The van der Waals surface area contributed by atoms with Crippen LogP contribution in [-0.4, -0.2) is 40.8 Å². The van der Waals surface area contributed by atoms with Crippen molar-refractivity contribution in [3.8, 4) is 11.5 Å². The van der Waals surface area contributed by atoms with E-state index in [0.29, 0.717) is 11.3 Å². The Hall–Kier alpha value is -2.70. The molecule has 2 amide bonds. The number of esters is 1. The summed E-state index contributed by atoms with van der Waals surface area (Å²) < 4.78 is 5.04. The molecule has 1 aliphatic rings. The third-order valence-corrected chi connectivity index (χ3v) is 3.57. The highest BCUT2D eigenvalue weighted by Gasteiger charge is 2.36. The van der Waals surface area contributed by atoms with Crippen LogP contribution in [0.1, 0.15) is 25.5 Å². The van der Waals surface area contributed by atoms with Gasteiger partial charge < -0.3 is 25.2 Å². The zero-order valence-electron chi connectivity index (χ0n) is 12.6. The molecular formula is C15H18N2O5. The number of hydrogen-bond acceptors (Lipinski definition) is 5. The number of aromatic hydroxyl groups is 2. The number of benzene rings is 1. The molecule has 0 spiro atoms. The summed E-state index contributed by atoms with van der Waals surface area (Å²) in [6, 6.07) is 2.73. The highest BCUT2D eigenvalue weighted by molar-refractivity contribution is 5.95. The van der Waals surface area contributed by atoms with E-state index in [9.17, 15) is 19.8 Å². The quantitative estimate of drug-likeness (QED) is 0.737. The van der Waals surface area contributed by atoms with E-state index in [2.05, 4.69) is 5.32 Å². The van der Waals surface area contributed by atoms with Gasteiger partial charge in [0.1, 0.15) is 11.5 Å². The van der Waals surface area contributed by atoms with Crippen LogP contribution in [0.15, 0.2) is 29.5 Å². The maximum Gasteiger partial charge on any atom is 0.338 e. The van der Waals surface area contributed by atoms with E-state index in [4.69, 9.17) is 4.74 Å². The first-order valence-electron chi connectivity index (χ1n) is 6.80. The largest absolute Gasteiger partial charge is 0.508 e. The zero-order chi connectivity index (χ0) is 16.4. The lowest BCUT2D eigenvalue weighted by Gasteiger charge is -2.33. The minimum Gasteiger partial charge on any atom is -0.508 e. The van der Waals surface area contributed by atoms with Gasteiger partial charge in [-0.15, -0.1) is 0 Å². The standard InChI is InChI=1S/C15H18N2O5/c1-4-22-14(20)12-8(2)17(3)15(21)16-13(12)10-6-5-9(18)7-11(10)19/h5-7,13,18-19H,4H2,1-3H3,(H,16,21)/t13-/m1/s1. The summed E-state index contributed by atoms with van der Waals surface area (Å²) in [7, 11) is 1.54. The normalized spacial score (nSPS) is 18.2. The lowest BCUT2D eigenvalue weighted by atomic mass is 9.94. The Morgan fingerprint density at radius 3 is 2.68 bits per heavy atom. The molecule has 0 unspecified atom stereocenters. The Morgan fingerprint density at radius 1 is 1.41 bits per heavy atom. The molecule has 1 aliphatic heterocycles. The van der Waals surface area contributed by atoms with Crippen LogP contribution < -0.4 is 5.32 Å². The molecule has 0 aromatic heterocycles. The summed E-state index contributed by atoms with van der Waals surface area (Å²) in [5.41, 5.74) is 0.992. The molecule has 118 valence electrons. The molecule has 1 aromatic rings. The first kappa shape index (κ1) is 15.7. The average Bonchev–Trinajstić information content (AvgIpc) is 2.44. The molecule has 7 heteroatoms. The highest BCUT2D eigenvalue weighted by Crippen LogP contribution is 2.36. The lowest BCUT2D eigenvalue weighted by molar-refractivity contribution is -0.139. The maximum absolute atomic E-state index is 12.2. The van der Waals surface area contributed by atoms with E-state index in [1.807, 2.05) is 0 Å². The van der Waals surface area contributed by atoms with Crippen LogP contribution in [0.3, 0.4) is 0 Å². The molecule has 0 aliphatic carbocycles. The van der Waals surface area contributed by atoms with Crippen LogP contribution in [0, 0.1) is 0 Å². The van der Waals surface area contributed by atoms with Crippen molar-refractivity contribution in [3.05, 3.63) is 35.0 Å². The summed E-state index contributed by atoms with van der Waals surface area (Å²) in [6.07, 6.45) is 0. The first-order valence-corrected chi connectivity index (χ1v) is 6.80. The van der Waals surface area contributed by atoms with Gasteiger partial charge in [0.2, 0.25) is 0 Å². The van der Waals surface area contributed by atoms with Gasteiger partial charge in [-0.05, 0) is 26.0 Å². The molecule has 1 atom stereocenters. The van der Waals surface area contributed by atoms with E-state index in [-0.39, 0.29) is 23.7 Å². The summed E-state index contributed by atoms with van der Waals surface area (Å²) >= 11 is 0. The minimum atomic E-state index is -0.844. The van der Waals surface area contributed by atoms with Gasteiger partial charge in [-0.3, -0.25) is 0 Å². The summed E-state index contributed by atoms with van der Waals surface area (Å²) in [4.78, 5) is 25.5. The number of phenolic OH excluding ortho intramolecular Hbond substituents is 2. The van der Waals surface area contributed by atoms with Crippen molar-refractivity contribution in [2.24, 2.45) is 0 Å². The molecule has 2 rings (SSSR count). The molecule has 3 N–H and O–H groups in total. The van der Waals surface area contributed by atoms with Gasteiger partial charge in [-0.2, -0.15) is 0 Å². The van der Waals surface area contributed by atoms with E-state index in [0.717, 1.165) is 6.07 Å². The van der Waals surface area contributed by atoms with E-state index in [1.54, 1.807) is 13.8 Å². The number of phenols is 2. The fourth-order valence-electron chi connectivity index (χ4n) is 2.32. The number of nitrogens with one attached hydrogen (secondary N) is 1. The Balaban J connectivity index is 2.55. The second-order valence-electron chi connectivity index (χ2n) is 4.90. The number of urea groups is 1. The molecule has 0 saturated carbocycles. The third kappa shape index (κ3) is 2.69. The monoisotopic (exact) mass is 306 g/mol. The molecule has 0 radical (unpaired) electrons. The smallest absolute Gasteiger partial charge is 0.338 e. The van der Waals surface area contributed by atoms with Crippen LogP contribution in [0.4, 0.5) is 4.79 Å². The van der Waals surface area contributed by atoms with Crippen molar-refractivity contribution >= 4 is 12.0 Å². The molecular weight excluding hydrogens is 288 g/mol. The van der Waals surface area contributed by atoms with Gasteiger partial charge in [0, 0.05) is 24.4 Å². The van der Waals surface area contributed by atoms with Crippen molar-refractivity contribution in [1.29, 1.82) is 0 Å². The predicted octanol–water partition coefficient (Wildman–Crippen LogP) is 1.63. The number of hydrogen-bond donors (Lipinski definition) is 3. The fourth-order valence-corrected chi connectivity index (χ4v) is 2.32. The number of rotatable bonds is 3. The number of carbonyl (C=O) groups excluding carboxylic acids is 2. The Labute approximate surface area is 127 Å². The van der Waals surface area contributed by atoms with Gasteiger partial charge in [0.05, 0.1) is 18.2 Å². The van der Waals surface area contributed by atoms with Gasteiger partial charge in [-0.1, -0.05) is 0 Å². The van der Waals surface area contributed by atoms with Crippen LogP contribution in [-0.2, 0) is 9.53 Å². The number of amides is 2. The van der Waals surface area contributed by atoms with E-state index >= 15 is 0 Å². The summed E-state index contributed by atoms with van der Waals surface area (Å²) in [6.45, 7) is 3.52. The molecule has 1 heterocycles. The first-order chi connectivity index (χ1) is 10.4. The Morgan fingerprint density at radius 2 is 2.09 bits per heavy atom. The molecule has 1 aromatic carbocycles. The average molecular weight is 306 g/mol. The third-order valence-electron chi connectivity index (χ3n) is 3.57. The van der Waals surface area contributed by atoms with Crippen molar-refractivity contribution in [2.75, 3.05) is 13.7 Å². The molecule has 7 nitrogen and oxygen atoms in total. The van der Waals surface area contributed by atoms with Gasteiger partial charge in [-0.25, -0.2) is 9.59 Å². The zero-order valence-corrected chi connectivity index (χ0v) is 12.6. The van der Waals surface area contributed by atoms with Crippen LogP contribution in [0.5, 0.6) is 11.5 Å². The number of nitrogens with zero attached hydrogens (tertiary/aromatic N) is 1. The number of carbonyl (C=O) groups is 2. The molecule has 0 bridgehead atoms. The van der Waals surface area contributed by atoms with Gasteiger partial charge in [0.25, 0.3) is 0 Å². The van der Waals surface area contributed by atoms with E-state index in [1.165, 1.54) is 24.1 Å². The minimum absolute atomic E-state index is 0.112. The van der Waals surface area contributed by atoms with Crippen molar-refractivity contribution in [3.63, 3.8) is 0 Å². The van der Waals surface area contributed by atoms with Gasteiger partial charge >= 0.3 is 12.0 Å². The van der Waals surface area contributed by atoms with Crippen LogP contribution in [0.25, 0.3) is 0 Å². The fraction of sp³-hybridized carbons (Fsp3) is 0.333.